The van der Waals surface area contributed by atoms with Gasteiger partial charge in [0.25, 0.3) is 0 Å². The number of nitrogens with zero attached hydrogens (tertiary/aromatic N) is 2. The molecule has 2 rings (SSSR count). The van der Waals surface area contributed by atoms with Crippen LogP contribution in [0.1, 0.15) is 50.9 Å². The molecule has 20 heavy (non-hydrogen) atoms. The van der Waals surface area contributed by atoms with Crippen molar-refractivity contribution < 1.29 is 13.9 Å². The summed E-state index contributed by atoms with van der Waals surface area (Å²) in [6.45, 7) is 5.71. The molecule has 1 aromatic heterocycles. The van der Waals surface area contributed by atoms with Crippen LogP contribution in [0.15, 0.2) is 18.3 Å². The Morgan fingerprint density at radius 2 is 2.25 bits per heavy atom. The Morgan fingerprint density at radius 3 is 2.80 bits per heavy atom. The van der Waals surface area contributed by atoms with Crippen LogP contribution in [-0.4, -0.2) is 28.1 Å². The third-order valence-electron chi connectivity index (χ3n) is 3.22. The highest BCUT2D eigenvalue weighted by Crippen LogP contribution is 2.32. The van der Waals surface area contributed by atoms with E-state index in [4.69, 9.17) is 4.74 Å². The Labute approximate surface area is 118 Å². The molecule has 0 radical (unpaired) electrons. The molecule has 1 aliphatic rings. The lowest BCUT2D eigenvalue weighted by Crippen LogP contribution is -2.36. The zero-order valence-corrected chi connectivity index (χ0v) is 12.2. The minimum Gasteiger partial charge on any atom is -0.444 e. The van der Waals surface area contributed by atoms with Gasteiger partial charge >= 0.3 is 6.09 Å². The molecule has 1 aromatic rings. The summed E-state index contributed by atoms with van der Waals surface area (Å²) in [4.78, 5) is 18.2. The molecule has 1 fully saturated rings. The van der Waals surface area contributed by atoms with E-state index in [1.54, 1.807) is 17.0 Å². The van der Waals surface area contributed by atoms with Crippen LogP contribution in [0, 0.1) is 0 Å². The number of halogens is 1. The number of pyridine rings is 1. The molecule has 1 amide bonds. The Kier molecular flexibility index (Phi) is 4.26. The summed E-state index contributed by atoms with van der Waals surface area (Å²) in [5.74, 6) is 0. The van der Waals surface area contributed by atoms with Gasteiger partial charge in [-0.3, -0.25) is 9.88 Å². The van der Waals surface area contributed by atoms with Crippen molar-refractivity contribution in [1.29, 1.82) is 0 Å². The van der Waals surface area contributed by atoms with E-state index >= 15 is 0 Å². The van der Waals surface area contributed by atoms with Gasteiger partial charge < -0.3 is 4.74 Å². The quantitative estimate of drug-likeness (QED) is 0.831. The van der Waals surface area contributed by atoms with Gasteiger partial charge in [0, 0.05) is 18.3 Å². The number of hydrogen-bond donors (Lipinski definition) is 0. The molecule has 0 bridgehead atoms. The third kappa shape index (κ3) is 3.46. The Balaban J connectivity index is 2.12. The number of carbonyl (C=O) groups excluding carboxylic acids is 1. The van der Waals surface area contributed by atoms with E-state index in [2.05, 4.69) is 4.98 Å². The van der Waals surface area contributed by atoms with Crippen LogP contribution in [0.2, 0.25) is 0 Å². The highest BCUT2D eigenvalue weighted by molar-refractivity contribution is 5.69. The van der Waals surface area contributed by atoms with Crippen molar-refractivity contribution in [2.24, 2.45) is 0 Å². The molecule has 0 aromatic carbocycles. The zero-order valence-electron chi connectivity index (χ0n) is 12.2. The topological polar surface area (TPSA) is 42.4 Å². The average Bonchev–Trinajstić information content (AvgIpc) is 2.86. The first-order valence-corrected chi connectivity index (χ1v) is 6.91. The van der Waals surface area contributed by atoms with Gasteiger partial charge in [0.15, 0.2) is 0 Å². The molecule has 1 atom stereocenters. The van der Waals surface area contributed by atoms with Gasteiger partial charge in [0.1, 0.15) is 12.3 Å². The summed E-state index contributed by atoms with van der Waals surface area (Å²) < 4.78 is 17.9. The number of carbonyl (C=O) groups is 1. The lowest BCUT2D eigenvalue weighted by Gasteiger charge is -2.28. The van der Waals surface area contributed by atoms with Crippen molar-refractivity contribution in [3.05, 3.63) is 29.6 Å². The van der Waals surface area contributed by atoms with Gasteiger partial charge in [-0.05, 0) is 39.7 Å². The fraction of sp³-hybridized carbons (Fsp3) is 0.600. The van der Waals surface area contributed by atoms with Crippen LogP contribution in [0.3, 0.4) is 0 Å². The van der Waals surface area contributed by atoms with E-state index in [1.807, 2.05) is 20.8 Å². The molecule has 0 N–H and O–H groups in total. The number of amides is 1. The van der Waals surface area contributed by atoms with Crippen molar-refractivity contribution in [3.8, 4) is 0 Å². The molecule has 0 spiro atoms. The van der Waals surface area contributed by atoms with Crippen LogP contribution in [0.5, 0.6) is 0 Å². The van der Waals surface area contributed by atoms with Crippen molar-refractivity contribution in [3.63, 3.8) is 0 Å². The molecular formula is C15H21FN2O2. The predicted octanol–water partition coefficient (Wildman–Crippen LogP) is 3.62. The zero-order chi connectivity index (χ0) is 14.8. The monoisotopic (exact) mass is 280 g/mol. The molecule has 1 saturated heterocycles. The number of likely N-dealkylation sites (tertiary alicyclic amines) is 1. The maximum Gasteiger partial charge on any atom is 0.410 e. The Bertz CT molecular complexity index is 468. The molecule has 110 valence electrons. The van der Waals surface area contributed by atoms with E-state index in [1.165, 1.54) is 6.20 Å². The van der Waals surface area contributed by atoms with Crippen LogP contribution in [0.4, 0.5) is 9.18 Å². The van der Waals surface area contributed by atoms with Crippen LogP contribution < -0.4 is 0 Å². The predicted molar refractivity (Wildman–Crippen MR) is 74.0 cm³/mol. The molecule has 1 aliphatic heterocycles. The van der Waals surface area contributed by atoms with E-state index in [9.17, 15) is 9.18 Å². The molecule has 0 saturated carbocycles. The summed E-state index contributed by atoms with van der Waals surface area (Å²) >= 11 is 0. The highest BCUT2D eigenvalue weighted by Gasteiger charge is 2.33. The van der Waals surface area contributed by atoms with E-state index in [0.29, 0.717) is 12.1 Å². The highest BCUT2D eigenvalue weighted by atomic mass is 19.1. The first-order chi connectivity index (χ1) is 9.40. The van der Waals surface area contributed by atoms with Crippen molar-refractivity contribution >= 4 is 6.09 Å². The minimum absolute atomic E-state index is 0.0708. The summed E-state index contributed by atoms with van der Waals surface area (Å²) in [5, 5.41) is 0. The number of rotatable bonds is 2. The maximum atomic E-state index is 12.5. The molecule has 1 unspecified atom stereocenters. The van der Waals surface area contributed by atoms with Gasteiger partial charge in [-0.15, -0.1) is 0 Å². The first-order valence-electron chi connectivity index (χ1n) is 6.91. The normalized spacial score (nSPS) is 19.2. The Hall–Kier alpha value is -1.65. The lowest BCUT2D eigenvalue weighted by molar-refractivity contribution is 0.0221. The molecular weight excluding hydrogens is 259 g/mol. The van der Waals surface area contributed by atoms with Gasteiger partial charge in [-0.1, -0.05) is 6.07 Å². The fourth-order valence-electron chi connectivity index (χ4n) is 2.33. The SMILES string of the molecule is CC(C)(C)OC(=O)N1CCCC1c1ccc(CF)cn1. The minimum atomic E-state index is -0.520. The largest absolute Gasteiger partial charge is 0.444 e. The van der Waals surface area contributed by atoms with Crippen molar-refractivity contribution in [1.82, 2.24) is 9.88 Å². The van der Waals surface area contributed by atoms with Gasteiger partial charge in [0.05, 0.1) is 11.7 Å². The molecule has 0 aliphatic carbocycles. The summed E-state index contributed by atoms with van der Waals surface area (Å²) in [7, 11) is 0. The second-order valence-electron chi connectivity index (χ2n) is 6.06. The maximum absolute atomic E-state index is 12.5. The van der Waals surface area contributed by atoms with E-state index in [0.717, 1.165) is 18.5 Å². The van der Waals surface area contributed by atoms with Crippen molar-refractivity contribution in [2.45, 2.75) is 51.9 Å². The first kappa shape index (κ1) is 14.8. The Morgan fingerprint density at radius 1 is 1.50 bits per heavy atom. The second kappa shape index (κ2) is 5.77. The number of alkyl halides is 1. The van der Waals surface area contributed by atoms with Gasteiger partial charge in [-0.25, -0.2) is 9.18 Å². The van der Waals surface area contributed by atoms with E-state index < -0.39 is 12.3 Å². The molecule has 4 nitrogen and oxygen atoms in total. The van der Waals surface area contributed by atoms with Crippen LogP contribution in [0.25, 0.3) is 0 Å². The summed E-state index contributed by atoms with van der Waals surface area (Å²) in [5.41, 5.74) is 0.844. The van der Waals surface area contributed by atoms with Crippen LogP contribution in [-0.2, 0) is 11.4 Å². The lowest BCUT2D eigenvalue weighted by atomic mass is 10.1. The fourth-order valence-corrected chi connectivity index (χ4v) is 2.33. The van der Waals surface area contributed by atoms with Crippen LogP contribution >= 0.6 is 0 Å². The molecule has 2 heterocycles. The summed E-state index contributed by atoms with van der Waals surface area (Å²) in [6.07, 6.45) is 3.01. The van der Waals surface area contributed by atoms with Gasteiger partial charge in [0.2, 0.25) is 0 Å². The van der Waals surface area contributed by atoms with Gasteiger partial charge in [-0.2, -0.15) is 0 Å². The average molecular weight is 280 g/mol. The van der Waals surface area contributed by atoms with E-state index in [-0.39, 0.29) is 12.1 Å². The van der Waals surface area contributed by atoms with Crippen molar-refractivity contribution in [2.75, 3.05) is 6.54 Å². The smallest absolute Gasteiger partial charge is 0.410 e. The standard InChI is InChI=1S/C15H21FN2O2/c1-15(2,3)20-14(19)18-8-4-5-13(18)12-7-6-11(9-16)10-17-12/h6-7,10,13H,4-5,8-9H2,1-3H3. The number of hydrogen-bond acceptors (Lipinski definition) is 3. The molecule has 5 heteroatoms. The number of ether oxygens (including phenoxy) is 1. The number of aromatic nitrogens is 1. The second-order valence-corrected chi connectivity index (χ2v) is 6.06. The summed E-state index contributed by atoms with van der Waals surface area (Å²) in [6, 6.07) is 3.44. The third-order valence-corrected chi connectivity index (χ3v) is 3.22.